The Balaban J connectivity index is 2.00. The molecule has 0 bridgehead atoms. The van der Waals surface area contributed by atoms with E-state index in [2.05, 4.69) is 0 Å². The molecule has 0 amide bonds. The first kappa shape index (κ1) is 16.2. The largest absolute Gasteiger partial charge is 0.491 e. The van der Waals surface area contributed by atoms with Crippen molar-refractivity contribution in [2.24, 2.45) is 0 Å². The van der Waals surface area contributed by atoms with E-state index in [0.717, 1.165) is 0 Å². The van der Waals surface area contributed by atoms with Gasteiger partial charge >= 0.3 is 0 Å². The first-order valence-corrected chi connectivity index (χ1v) is 6.34. The molecule has 0 aliphatic carbocycles. The Bertz CT molecular complexity index is 362. The van der Waals surface area contributed by atoms with Gasteiger partial charge < -0.3 is 18.9 Å². The van der Waals surface area contributed by atoms with Gasteiger partial charge in [-0.25, -0.2) is 4.39 Å². The fraction of sp³-hybridized carbons (Fsp3) is 0.538. The molecule has 0 aliphatic rings. The van der Waals surface area contributed by atoms with Crippen LogP contribution < -0.4 is 4.74 Å². The molecule has 0 spiro atoms. The van der Waals surface area contributed by atoms with Crippen LogP contribution in [0.25, 0.3) is 0 Å². The van der Waals surface area contributed by atoms with E-state index < -0.39 is 5.82 Å². The number of rotatable bonds is 10. The lowest BCUT2D eigenvalue weighted by atomic mass is 10.3. The van der Waals surface area contributed by atoms with Crippen LogP contribution in [0, 0.1) is 5.82 Å². The van der Waals surface area contributed by atoms with Crippen LogP contribution in [-0.4, -0.2) is 46.8 Å². The van der Waals surface area contributed by atoms with E-state index in [9.17, 15) is 4.39 Å². The lowest BCUT2D eigenvalue weighted by molar-refractivity contribution is 0.0179. The first-order valence-electron chi connectivity index (χ1n) is 5.96. The zero-order chi connectivity index (χ0) is 13.9. The van der Waals surface area contributed by atoms with Crippen LogP contribution in [0.3, 0.4) is 0 Å². The minimum Gasteiger partial charge on any atom is -0.491 e. The molecule has 6 heteroatoms. The summed E-state index contributed by atoms with van der Waals surface area (Å²) in [7, 11) is 1.62. The van der Waals surface area contributed by atoms with Crippen molar-refractivity contribution in [3.05, 3.63) is 29.0 Å². The average Bonchev–Trinajstić information content (AvgIpc) is 2.41. The first-order chi connectivity index (χ1) is 9.24. The van der Waals surface area contributed by atoms with Crippen LogP contribution in [0.15, 0.2) is 18.2 Å². The molecule has 1 rings (SSSR count). The van der Waals surface area contributed by atoms with Crippen molar-refractivity contribution in [2.45, 2.75) is 0 Å². The van der Waals surface area contributed by atoms with Crippen molar-refractivity contribution in [1.82, 2.24) is 0 Å². The predicted molar refractivity (Wildman–Crippen MR) is 70.4 cm³/mol. The highest BCUT2D eigenvalue weighted by molar-refractivity contribution is 6.30. The topological polar surface area (TPSA) is 36.9 Å². The summed E-state index contributed by atoms with van der Waals surface area (Å²) >= 11 is 5.56. The van der Waals surface area contributed by atoms with E-state index in [1.165, 1.54) is 12.1 Å². The van der Waals surface area contributed by atoms with Gasteiger partial charge in [-0.15, -0.1) is 0 Å². The second kappa shape index (κ2) is 9.97. The molecule has 0 atom stereocenters. The van der Waals surface area contributed by atoms with Crippen LogP contribution in [0.2, 0.25) is 5.02 Å². The second-order valence-electron chi connectivity index (χ2n) is 3.64. The van der Waals surface area contributed by atoms with Gasteiger partial charge in [0.05, 0.1) is 38.1 Å². The highest BCUT2D eigenvalue weighted by atomic mass is 35.5. The molecule has 0 N–H and O–H groups in total. The number of hydrogen-bond donors (Lipinski definition) is 0. The molecule has 0 aromatic heterocycles. The maximum atomic E-state index is 13.1. The Morgan fingerprint density at radius 1 is 1.00 bits per heavy atom. The van der Waals surface area contributed by atoms with Crippen molar-refractivity contribution >= 4 is 11.6 Å². The third kappa shape index (κ3) is 7.32. The minimum atomic E-state index is -0.494. The van der Waals surface area contributed by atoms with Crippen LogP contribution in [0.4, 0.5) is 4.39 Å². The number of halogens is 2. The fourth-order valence-corrected chi connectivity index (χ4v) is 1.37. The summed E-state index contributed by atoms with van der Waals surface area (Å²) < 4.78 is 33.7. The number of ether oxygens (including phenoxy) is 4. The van der Waals surface area contributed by atoms with Crippen molar-refractivity contribution in [2.75, 3.05) is 46.8 Å². The molecule has 1 aromatic rings. The molecule has 0 radical (unpaired) electrons. The number of hydrogen-bond acceptors (Lipinski definition) is 4. The van der Waals surface area contributed by atoms with E-state index in [1.54, 1.807) is 13.2 Å². The molecule has 0 saturated heterocycles. The Kier molecular flexibility index (Phi) is 8.49. The summed E-state index contributed by atoms with van der Waals surface area (Å²) in [6.45, 7) is 2.89. The Hall–Kier alpha value is -0.880. The van der Waals surface area contributed by atoms with Crippen LogP contribution in [0.1, 0.15) is 0 Å². The number of methoxy groups -OCH3 is 1. The van der Waals surface area contributed by atoms with Gasteiger partial charge in [0.25, 0.3) is 0 Å². The molecule has 1 aromatic carbocycles. The zero-order valence-electron chi connectivity index (χ0n) is 10.9. The number of benzene rings is 1. The van der Waals surface area contributed by atoms with E-state index in [1.807, 2.05) is 0 Å². The van der Waals surface area contributed by atoms with Gasteiger partial charge in [-0.1, -0.05) is 11.6 Å². The summed E-state index contributed by atoms with van der Waals surface area (Å²) in [5.74, 6) is -0.0616. The Morgan fingerprint density at radius 3 is 2.26 bits per heavy atom. The van der Waals surface area contributed by atoms with Gasteiger partial charge in [-0.3, -0.25) is 0 Å². The third-order valence-corrected chi connectivity index (χ3v) is 2.50. The summed E-state index contributed by atoms with van der Waals surface area (Å²) in [4.78, 5) is 0. The summed E-state index contributed by atoms with van der Waals surface area (Å²) in [6, 6.07) is 4.31. The van der Waals surface area contributed by atoms with Crippen molar-refractivity contribution in [1.29, 1.82) is 0 Å². The zero-order valence-corrected chi connectivity index (χ0v) is 11.6. The Morgan fingerprint density at radius 2 is 1.63 bits per heavy atom. The fourth-order valence-electron chi connectivity index (χ4n) is 1.25. The molecule has 0 saturated carbocycles. The molecule has 0 fully saturated rings. The van der Waals surface area contributed by atoms with Crippen molar-refractivity contribution in [3.8, 4) is 5.75 Å². The van der Waals surface area contributed by atoms with E-state index in [4.69, 9.17) is 30.5 Å². The van der Waals surface area contributed by atoms with Crippen molar-refractivity contribution < 1.29 is 23.3 Å². The smallest absolute Gasteiger partial charge is 0.145 e. The van der Waals surface area contributed by atoms with Gasteiger partial charge in [0.2, 0.25) is 0 Å². The normalized spacial score (nSPS) is 10.7. The highest BCUT2D eigenvalue weighted by Gasteiger charge is 2.01. The quantitative estimate of drug-likeness (QED) is 0.621. The molecule has 19 heavy (non-hydrogen) atoms. The molecule has 0 aliphatic heterocycles. The summed E-state index contributed by atoms with van der Waals surface area (Å²) in [6.07, 6.45) is 0. The molecular formula is C13H18ClFO4. The predicted octanol–water partition coefficient (Wildman–Crippen LogP) is 2.54. The van der Waals surface area contributed by atoms with Crippen LogP contribution in [0.5, 0.6) is 5.75 Å². The van der Waals surface area contributed by atoms with Crippen LogP contribution in [-0.2, 0) is 14.2 Å². The molecule has 0 heterocycles. The maximum absolute atomic E-state index is 13.1. The summed E-state index contributed by atoms with van der Waals surface area (Å²) in [5, 5.41) is 0.0804. The molecule has 4 nitrogen and oxygen atoms in total. The van der Waals surface area contributed by atoms with E-state index in [0.29, 0.717) is 45.4 Å². The highest BCUT2D eigenvalue weighted by Crippen LogP contribution is 2.20. The SMILES string of the molecule is COCCOCCOCCOc1ccc(Cl)c(F)c1. The third-order valence-electron chi connectivity index (χ3n) is 2.19. The monoisotopic (exact) mass is 292 g/mol. The Labute approximate surface area is 117 Å². The standard InChI is InChI=1S/C13H18ClFO4/c1-16-4-5-17-6-7-18-8-9-19-11-2-3-12(14)13(15)10-11/h2-3,10H,4-9H2,1H3. The van der Waals surface area contributed by atoms with Crippen molar-refractivity contribution in [3.63, 3.8) is 0 Å². The molecular weight excluding hydrogens is 275 g/mol. The molecule has 0 unspecified atom stereocenters. The average molecular weight is 293 g/mol. The van der Waals surface area contributed by atoms with Gasteiger partial charge in [0.1, 0.15) is 18.2 Å². The van der Waals surface area contributed by atoms with Crippen LogP contribution >= 0.6 is 11.6 Å². The van der Waals surface area contributed by atoms with Gasteiger partial charge in [-0.2, -0.15) is 0 Å². The van der Waals surface area contributed by atoms with Gasteiger partial charge in [-0.05, 0) is 12.1 Å². The van der Waals surface area contributed by atoms with E-state index >= 15 is 0 Å². The van der Waals surface area contributed by atoms with Gasteiger partial charge in [0, 0.05) is 13.2 Å². The maximum Gasteiger partial charge on any atom is 0.145 e. The molecule has 108 valence electrons. The second-order valence-corrected chi connectivity index (χ2v) is 4.05. The van der Waals surface area contributed by atoms with E-state index in [-0.39, 0.29) is 5.02 Å². The minimum absolute atomic E-state index is 0.0804. The lowest BCUT2D eigenvalue weighted by Gasteiger charge is -2.08. The lowest BCUT2D eigenvalue weighted by Crippen LogP contribution is -2.12. The van der Waals surface area contributed by atoms with Gasteiger partial charge in [0.15, 0.2) is 0 Å². The summed E-state index contributed by atoms with van der Waals surface area (Å²) in [5.41, 5.74) is 0.